The smallest absolute Gasteiger partial charge is 0.453 e. The maximum atomic E-state index is 13.4. The third-order valence-electron chi connectivity index (χ3n) is 6.00. The van der Waals surface area contributed by atoms with Crippen LogP contribution in [0.15, 0.2) is 52.3 Å². The molecule has 4 heterocycles. The van der Waals surface area contributed by atoms with Crippen LogP contribution in [-0.2, 0) is 11.0 Å². The summed E-state index contributed by atoms with van der Waals surface area (Å²) >= 11 is 0. The van der Waals surface area contributed by atoms with Crippen LogP contribution in [0.1, 0.15) is 41.9 Å². The highest BCUT2D eigenvalue weighted by Crippen LogP contribution is 2.46. The topological polar surface area (TPSA) is 91.4 Å². The van der Waals surface area contributed by atoms with Gasteiger partial charge in [-0.3, -0.25) is 4.79 Å². The number of rotatable bonds is 2. The molecular weight excluding hydrogens is 441 g/mol. The first-order chi connectivity index (χ1) is 15.9. The minimum Gasteiger partial charge on any atom is -0.486 e. The molecule has 1 aliphatic carbocycles. The van der Waals surface area contributed by atoms with Gasteiger partial charge in [-0.2, -0.15) is 18.2 Å². The molecule has 11 heteroatoms. The summed E-state index contributed by atoms with van der Waals surface area (Å²) < 4.78 is 58.1. The van der Waals surface area contributed by atoms with Crippen LogP contribution in [0, 0.1) is 0 Å². The number of benzene rings is 1. The lowest BCUT2D eigenvalue weighted by atomic mass is 9.79. The van der Waals surface area contributed by atoms with Gasteiger partial charge >= 0.3 is 6.18 Å². The minimum absolute atomic E-state index is 0.0751. The molecule has 33 heavy (non-hydrogen) atoms. The number of nitrogens with one attached hydrogen (secondary N) is 1. The molecule has 0 radical (unpaired) electrons. The summed E-state index contributed by atoms with van der Waals surface area (Å²) in [5.74, 6) is -0.118. The normalized spacial score (nSPS) is 22.0. The Hall–Kier alpha value is -3.76. The molecule has 1 aromatic carbocycles. The van der Waals surface area contributed by atoms with Crippen LogP contribution in [0.4, 0.5) is 19.1 Å². The molecule has 0 bridgehead atoms. The Balaban J connectivity index is 1.49. The third-order valence-corrected chi connectivity index (χ3v) is 6.00. The van der Waals surface area contributed by atoms with E-state index in [1.54, 1.807) is 30.3 Å². The number of ether oxygens (including phenoxy) is 2. The highest BCUT2D eigenvalue weighted by atomic mass is 19.4. The average Bonchev–Trinajstić information content (AvgIpc) is 3.47. The molecule has 2 unspecified atom stereocenters. The zero-order chi connectivity index (χ0) is 22.7. The fourth-order valence-corrected chi connectivity index (χ4v) is 4.59. The number of aromatic nitrogens is 3. The number of carbonyl (C=O) groups excluding carboxylic acids is 1. The number of halogens is 3. The first-order valence-electron chi connectivity index (χ1n) is 10.4. The number of furan rings is 1. The van der Waals surface area contributed by atoms with Crippen molar-refractivity contribution in [3.8, 4) is 11.5 Å². The fourth-order valence-electron chi connectivity index (χ4n) is 4.59. The summed E-state index contributed by atoms with van der Waals surface area (Å²) in [7, 11) is 0. The monoisotopic (exact) mass is 458 g/mol. The van der Waals surface area contributed by atoms with Gasteiger partial charge in [-0.1, -0.05) is 6.07 Å². The standard InChI is InChI=1S/C22H17F3N4O4/c23-22(24,25)20-27-21-26-13-8-12(15-2-1-5-31-15)9-14(30)18(13)19(29(21)28-20)11-3-4-16-17(10-11)33-7-6-32-16/h1-5,10,12,19H,6-9H2,(H,26,27,28). The number of anilines is 1. The van der Waals surface area contributed by atoms with Crippen LogP contribution in [-0.4, -0.2) is 33.8 Å². The molecule has 2 atom stereocenters. The third kappa shape index (κ3) is 3.26. The van der Waals surface area contributed by atoms with Crippen molar-refractivity contribution in [2.24, 2.45) is 0 Å². The van der Waals surface area contributed by atoms with Gasteiger partial charge in [-0.05, 0) is 36.2 Å². The SMILES string of the molecule is O=C1CC(c2ccco2)CC2=C1C(c1ccc3c(c1)OCCO3)n1nc(C(F)(F)F)nc1N2. The van der Waals surface area contributed by atoms with Crippen LogP contribution < -0.4 is 14.8 Å². The molecule has 3 aliphatic rings. The molecule has 0 amide bonds. The van der Waals surface area contributed by atoms with E-state index in [0.717, 1.165) is 4.68 Å². The van der Waals surface area contributed by atoms with Crippen LogP contribution in [0.25, 0.3) is 0 Å². The number of carbonyl (C=O) groups is 1. The van der Waals surface area contributed by atoms with E-state index in [1.165, 1.54) is 6.26 Å². The van der Waals surface area contributed by atoms with Gasteiger partial charge in [0.05, 0.1) is 6.26 Å². The minimum atomic E-state index is -4.73. The summed E-state index contributed by atoms with van der Waals surface area (Å²) in [6.07, 6.45) is -2.64. The van der Waals surface area contributed by atoms with Crippen molar-refractivity contribution in [3.05, 3.63) is 65.0 Å². The Kier molecular flexibility index (Phi) is 4.29. The highest BCUT2D eigenvalue weighted by molar-refractivity contribution is 6.00. The molecule has 8 nitrogen and oxygen atoms in total. The van der Waals surface area contributed by atoms with E-state index in [2.05, 4.69) is 15.4 Å². The van der Waals surface area contributed by atoms with Crippen molar-refractivity contribution in [1.29, 1.82) is 0 Å². The molecule has 2 aliphatic heterocycles. The second-order valence-corrected chi connectivity index (χ2v) is 8.07. The number of hydrogen-bond donors (Lipinski definition) is 1. The predicted octanol–water partition coefficient (Wildman–Crippen LogP) is 4.08. The number of alkyl halides is 3. The lowest BCUT2D eigenvalue weighted by Gasteiger charge is -2.34. The van der Waals surface area contributed by atoms with E-state index < -0.39 is 18.0 Å². The summed E-state index contributed by atoms with van der Waals surface area (Å²) in [6.45, 7) is 0.761. The molecule has 2 aromatic heterocycles. The van der Waals surface area contributed by atoms with Gasteiger partial charge in [0.25, 0.3) is 5.82 Å². The van der Waals surface area contributed by atoms with Gasteiger partial charge in [-0.15, -0.1) is 5.10 Å². The summed E-state index contributed by atoms with van der Waals surface area (Å²) in [5, 5.41) is 6.65. The quantitative estimate of drug-likeness (QED) is 0.619. The summed E-state index contributed by atoms with van der Waals surface area (Å²) in [5.41, 5.74) is 1.43. The second-order valence-electron chi connectivity index (χ2n) is 8.07. The zero-order valence-electron chi connectivity index (χ0n) is 17.1. The number of allylic oxidation sites excluding steroid dienone is 2. The first kappa shape index (κ1) is 19.9. The van der Waals surface area contributed by atoms with E-state index >= 15 is 0 Å². The van der Waals surface area contributed by atoms with Crippen LogP contribution >= 0.6 is 0 Å². The number of fused-ring (bicyclic) bond motifs is 2. The van der Waals surface area contributed by atoms with Crippen molar-refractivity contribution in [1.82, 2.24) is 14.8 Å². The molecule has 170 valence electrons. The lowest BCUT2D eigenvalue weighted by Crippen LogP contribution is -2.33. The Morgan fingerprint density at radius 3 is 2.67 bits per heavy atom. The van der Waals surface area contributed by atoms with Gasteiger partial charge in [-0.25, -0.2) is 4.68 Å². The van der Waals surface area contributed by atoms with Gasteiger partial charge in [0, 0.05) is 23.6 Å². The molecule has 1 N–H and O–H groups in total. The number of ketones is 1. The first-order valence-corrected chi connectivity index (χ1v) is 10.4. The summed E-state index contributed by atoms with van der Waals surface area (Å²) in [6, 6.07) is 7.71. The maximum Gasteiger partial charge on any atom is 0.453 e. The molecule has 6 rings (SSSR count). The lowest BCUT2D eigenvalue weighted by molar-refractivity contribution is -0.145. The Labute approximate surface area is 185 Å². The van der Waals surface area contributed by atoms with Crippen molar-refractivity contribution in [3.63, 3.8) is 0 Å². The Morgan fingerprint density at radius 1 is 1.09 bits per heavy atom. The van der Waals surface area contributed by atoms with Crippen molar-refractivity contribution in [2.45, 2.75) is 31.0 Å². The van der Waals surface area contributed by atoms with Gasteiger partial charge in [0.2, 0.25) is 5.95 Å². The van der Waals surface area contributed by atoms with Crippen LogP contribution in [0.3, 0.4) is 0 Å². The summed E-state index contributed by atoms with van der Waals surface area (Å²) in [4.78, 5) is 17.0. The number of hydrogen-bond acceptors (Lipinski definition) is 7. The molecule has 0 saturated carbocycles. The average molecular weight is 458 g/mol. The van der Waals surface area contributed by atoms with Gasteiger partial charge < -0.3 is 19.2 Å². The van der Waals surface area contributed by atoms with E-state index in [-0.39, 0.29) is 24.1 Å². The van der Waals surface area contributed by atoms with E-state index in [1.807, 2.05) is 0 Å². The maximum absolute atomic E-state index is 13.4. The molecule has 0 spiro atoms. The predicted molar refractivity (Wildman–Crippen MR) is 107 cm³/mol. The molecule has 0 saturated heterocycles. The Morgan fingerprint density at radius 2 is 1.91 bits per heavy atom. The number of nitrogens with zero attached hydrogens (tertiary/aromatic N) is 3. The van der Waals surface area contributed by atoms with Gasteiger partial charge in [0.15, 0.2) is 17.3 Å². The molecular formula is C22H17F3N4O4. The van der Waals surface area contributed by atoms with Gasteiger partial charge in [0.1, 0.15) is 25.0 Å². The van der Waals surface area contributed by atoms with E-state index in [0.29, 0.717) is 53.7 Å². The van der Waals surface area contributed by atoms with E-state index in [4.69, 9.17) is 13.9 Å². The molecule has 0 fully saturated rings. The fraction of sp³-hybridized carbons (Fsp3) is 0.318. The van der Waals surface area contributed by atoms with Crippen molar-refractivity contribution < 1.29 is 31.9 Å². The highest BCUT2D eigenvalue weighted by Gasteiger charge is 2.44. The number of Topliss-reactive ketones (excluding diaryl/α,β-unsaturated/α-hetero) is 1. The molecule has 3 aromatic rings. The Bertz CT molecular complexity index is 1280. The van der Waals surface area contributed by atoms with Crippen LogP contribution in [0.2, 0.25) is 0 Å². The zero-order valence-corrected chi connectivity index (χ0v) is 17.1. The largest absolute Gasteiger partial charge is 0.486 e. The van der Waals surface area contributed by atoms with Crippen molar-refractivity contribution >= 4 is 11.7 Å². The van der Waals surface area contributed by atoms with Crippen LogP contribution in [0.5, 0.6) is 11.5 Å². The van der Waals surface area contributed by atoms with E-state index in [9.17, 15) is 18.0 Å². The van der Waals surface area contributed by atoms with Crippen molar-refractivity contribution in [2.75, 3.05) is 18.5 Å². The second kappa shape index (κ2) is 7.12.